The van der Waals surface area contributed by atoms with Crippen molar-refractivity contribution < 1.29 is 13.2 Å². The molecule has 1 amide bonds. The lowest BCUT2D eigenvalue weighted by Gasteiger charge is -2.30. The number of likely N-dealkylation sites (tertiary alicyclic amines) is 1. The average molecular weight is 394 g/mol. The van der Waals surface area contributed by atoms with Gasteiger partial charge < -0.3 is 5.32 Å². The van der Waals surface area contributed by atoms with Crippen LogP contribution >= 0.6 is 0 Å². The van der Waals surface area contributed by atoms with Crippen LogP contribution in [0.1, 0.15) is 43.2 Å². The average Bonchev–Trinajstić information content (AvgIpc) is 2.67. The Hall–Kier alpha value is -1.44. The molecule has 1 atom stereocenters. The number of nitrogens with one attached hydrogen (secondary N) is 1. The van der Waals surface area contributed by atoms with Crippen molar-refractivity contribution in [3.05, 3.63) is 35.4 Å². The number of carbonyl (C=O) groups is 1. The molecule has 2 heterocycles. The van der Waals surface area contributed by atoms with Gasteiger partial charge in [-0.15, -0.1) is 0 Å². The Balaban J connectivity index is 1.57. The molecule has 3 rings (SSSR count). The van der Waals surface area contributed by atoms with Gasteiger partial charge in [0.2, 0.25) is 15.9 Å². The van der Waals surface area contributed by atoms with Gasteiger partial charge in [-0.05, 0) is 49.9 Å². The minimum Gasteiger partial charge on any atom is -0.352 e. The minimum absolute atomic E-state index is 0.0453. The topological polar surface area (TPSA) is 69.7 Å². The Morgan fingerprint density at radius 1 is 1.07 bits per heavy atom. The van der Waals surface area contributed by atoms with Crippen molar-refractivity contribution in [1.82, 2.24) is 14.5 Å². The van der Waals surface area contributed by atoms with Gasteiger partial charge in [0.25, 0.3) is 0 Å². The Kier molecular flexibility index (Phi) is 6.89. The van der Waals surface area contributed by atoms with Crippen LogP contribution in [-0.4, -0.2) is 56.0 Å². The van der Waals surface area contributed by atoms with Crippen molar-refractivity contribution in [1.29, 1.82) is 0 Å². The molecule has 2 aliphatic rings. The molecule has 0 radical (unpaired) electrons. The van der Waals surface area contributed by atoms with E-state index in [1.165, 1.54) is 35.4 Å². The zero-order valence-electron chi connectivity index (χ0n) is 16.2. The molecule has 0 bridgehead atoms. The molecule has 2 saturated heterocycles. The maximum absolute atomic E-state index is 12.6. The first-order valence-electron chi connectivity index (χ1n) is 9.95. The zero-order valence-corrected chi connectivity index (χ0v) is 17.0. The van der Waals surface area contributed by atoms with Crippen LogP contribution in [0.3, 0.4) is 0 Å². The van der Waals surface area contributed by atoms with Gasteiger partial charge in [0.1, 0.15) is 0 Å². The van der Waals surface area contributed by atoms with E-state index in [4.69, 9.17) is 0 Å². The van der Waals surface area contributed by atoms with Crippen molar-refractivity contribution in [3.8, 4) is 0 Å². The van der Waals surface area contributed by atoms with Gasteiger partial charge in [-0.1, -0.05) is 30.7 Å². The Bertz CT molecular complexity index is 745. The van der Waals surface area contributed by atoms with Gasteiger partial charge in [-0.3, -0.25) is 9.69 Å². The van der Waals surface area contributed by atoms with Gasteiger partial charge in [0.05, 0.1) is 12.2 Å². The number of benzene rings is 1. The van der Waals surface area contributed by atoms with E-state index in [2.05, 4.69) is 28.4 Å². The number of piperidine rings is 2. The van der Waals surface area contributed by atoms with Crippen molar-refractivity contribution in [2.45, 2.75) is 45.2 Å². The molecule has 0 unspecified atom stereocenters. The number of amides is 1. The lowest BCUT2D eigenvalue weighted by molar-refractivity contribution is -0.126. The summed E-state index contributed by atoms with van der Waals surface area (Å²) in [5.74, 6) is -0.307. The molecule has 6 nitrogen and oxygen atoms in total. The number of carbonyl (C=O) groups excluding carboxylic acids is 1. The summed E-state index contributed by atoms with van der Waals surface area (Å²) in [7, 11) is -3.23. The third-order valence-corrected chi connectivity index (χ3v) is 6.91. The lowest BCUT2D eigenvalue weighted by Crippen LogP contribution is -2.45. The number of hydrogen-bond acceptors (Lipinski definition) is 4. The number of nitrogens with zero attached hydrogens (tertiary/aromatic N) is 2. The first-order chi connectivity index (χ1) is 12.9. The van der Waals surface area contributed by atoms with Gasteiger partial charge >= 0.3 is 0 Å². The molecule has 2 fully saturated rings. The largest absolute Gasteiger partial charge is 0.352 e. The first-order valence-corrected chi connectivity index (χ1v) is 11.8. The van der Waals surface area contributed by atoms with E-state index in [0.717, 1.165) is 38.0 Å². The summed E-state index contributed by atoms with van der Waals surface area (Å²) in [6.07, 6.45) is 6.53. The number of rotatable bonds is 6. The van der Waals surface area contributed by atoms with E-state index in [1.54, 1.807) is 0 Å². The Labute approximate surface area is 163 Å². The van der Waals surface area contributed by atoms with E-state index in [0.29, 0.717) is 19.6 Å². The summed E-state index contributed by atoms with van der Waals surface area (Å²) in [5, 5.41) is 3.04. The molecular formula is C20H31N3O3S. The van der Waals surface area contributed by atoms with E-state index >= 15 is 0 Å². The number of hydrogen-bond donors (Lipinski definition) is 1. The fraction of sp³-hybridized carbons (Fsp3) is 0.650. The van der Waals surface area contributed by atoms with Crippen molar-refractivity contribution in [3.63, 3.8) is 0 Å². The highest BCUT2D eigenvalue weighted by atomic mass is 32.2. The quantitative estimate of drug-likeness (QED) is 0.802. The molecule has 1 aromatic carbocycles. The van der Waals surface area contributed by atoms with Crippen molar-refractivity contribution >= 4 is 15.9 Å². The van der Waals surface area contributed by atoms with E-state index < -0.39 is 10.0 Å². The zero-order chi connectivity index (χ0) is 19.3. The first kappa shape index (κ1) is 20.3. The molecule has 150 valence electrons. The second-order valence-corrected chi connectivity index (χ2v) is 9.77. The monoisotopic (exact) mass is 393 g/mol. The minimum atomic E-state index is -3.23. The SMILES string of the molecule is CS(=O)(=O)N1CCC[C@@H](C(=O)NCc2ccccc2CN2CCCCC2)C1. The van der Waals surface area contributed by atoms with E-state index in [9.17, 15) is 13.2 Å². The summed E-state index contributed by atoms with van der Waals surface area (Å²) in [4.78, 5) is 15.1. The van der Waals surface area contributed by atoms with Crippen molar-refractivity contribution in [2.75, 3.05) is 32.4 Å². The molecule has 2 aliphatic heterocycles. The Morgan fingerprint density at radius 2 is 1.78 bits per heavy atom. The van der Waals surface area contributed by atoms with Crippen LogP contribution in [0.15, 0.2) is 24.3 Å². The predicted octanol–water partition coefficient (Wildman–Crippen LogP) is 1.96. The fourth-order valence-electron chi connectivity index (χ4n) is 4.03. The normalized spacial score (nSPS) is 22.5. The van der Waals surface area contributed by atoms with Crippen LogP contribution in [0.5, 0.6) is 0 Å². The van der Waals surface area contributed by atoms with Crippen molar-refractivity contribution in [2.24, 2.45) is 5.92 Å². The third kappa shape index (κ3) is 5.77. The van der Waals surface area contributed by atoms with Gasteiger partial charge in [-0.2, -0.15) is 0 Å². The third-order valence-electron chi connectivity index (χ3n) is 5.64. The van der Waals surface area contributed by atoms with Crippen LogP contribution in [0.4, 0.5) is 0 Å². The molecule has 0 aromatic heterocycles. The van der Waals surface area contributed by atoms with E-state index in [1.807, 2.05) is 6.07 Å². The second kappa shape index (κ2) is 9.17. The maximum atomic E-state index is 12.6. The van der Waals surface area contributed by atoms with Crippen LogP contribution in [0, 0.1) is 5.92 Å². The summed E-state index contributed by atoms with van der Waals surface area (Å²) in [5.41, 5.74) is 2.41. The summed E-state index contributed by atoms with van der Waals surface area (Å²) >= 11 is 0. The fourth-order valence-corrected chi connectivity index (χ4v) is 4.94. The highest BCUT2D eigenvalue weighted by Crippen LogP contribution is 2.20. The predicted molar refractivity (Wildman–Crippen MR) is 107 cm³/mol. The molecular weight excluding hydrogens is 362 g/mol. The summed E-state index contributed by atoms with van der Waals surface area (Å²) < 4.78 is 24.9. The summed E-state index contributed by atoms with van der Waals surface area (Å²) in [6.45, 7) is 4.52. The molecule has 0 aliphatic carbocycles. The lowest BCUT2D eigenvalue weighted by atomic mass is 9.98. The maximum Gasteiger partial charge on any atom is 0.224 e. The molecule has 7 heteroatoms. The van der Waals surface area contributed by atoms with Gasteiger partial charge in [0, 0.05) is 26.2 Å². The molecule has 0 spiro atoms. The van der Waals surface area contributed by atoms with Crippen LogP contribution < -0.4 is 5.32 Å². The Morgan fingerprint density at radius 3 is 2.48 bits per heavy atom. The van der Waals surface area contributed by atoms with Gasteiger partial charge in [0.15, 0.2) is 0 Å². The van der Waals surface area contributed by atoms with Crippen LogP contribution in [0.25, 0.3) is 0 Å². The molecule has 1 aromatic rings. The highest BCUT2D eigenvalue weighted by Gasteiger charge is 2.30. The number of sulfonamides is 1. The second-order valence-electron chi connectivity index (χ2n) is 7.78. The molecule has 0 saturated carbocycles. The van der Waals surface area contributed by atoms with Crippen LogP contribution in [-0.2, 0) is 27.9 Å². The standard InChI is InChI=1S/C20H31N3O3S/c1-27(25,26)23-13-7-10-19(16-23)20(24)21-14-17-8-3-4-9-18(17)15-22-11-5-2-6-12-22/h3-4,8-9,19H,2,5-7,10-16H2,1H3,(H,21,24)/t19-/m1/s1. The highest BCUT2D eigenvalue weighted by molar-refractivity contribution is 7.88. The smallest absolute Gasteiger partial charge is 0.224 e. The van der Waals surface area contributed by atoms with Gasteiger partial charge in [-0.25, -0.2) is 12.7 Å². The molecule has 27 heavy (non-hydrogen) atoms. The molecule has 1 N–H and O–H groups in total. The van der Waals surface area contributed by atoms with E-state index in [-0.39, 0.29) is 11.8 Å². The van der Waals surface area contributed by atoms with Crippen LogP contribution in [0.2, 0.25) is 0 Å². The summed E-state index contributed by atoms with van der Waals surface area (Å²) in [6, 6.07) is 8.27.